The lowest BCUT2D eigenvalue weighted by atomic mass is 10.1. The minimum Gasteiger partial charge on any atom is -0.493 e. The molecule has 174 valence electrons. The maximum Gasteiger partial charge on any atom is 0.262 e. The van der Waals surface area contributed by atoms with Crippen molar-refractivity contribution in [3.05, 3.63) is 82.9 Å². The van der Waals surface area contributed by atoms with Gasteiger partial charge in [0.1, 0.15) is 11.6 Å². The third kappa shape index (κ3) is 5.40. The molecule has 10 heteroatoms. The normalized spacial score (nSPS) is 11.1. The summed E-state index contributed by atoms with van der Waals surface area (Å²) in [4.78, 5) is 12.6. The van der Waals surface area contributed by atoms with Crippen LogP contribution in [0.5, 0.6) is 11.5 Å². The third-order valence-electron chi connectivity index (χ3n) is 4.81. The first-order chi connectivity index (χ1) is 15.7. The quantitative estimate of drug-likeness (QED) is 0.512. The van der Waals surface area contributed by atoms with Gasteiger partial charge in [-0.1, -0.05) is 24.3 Å². The lowest BCUT2D eigenvalue weighted by Crippen LogP contribution is -2.24. The Morgan fingerprint density at radius 3 is 2.33 bits per heavy atom. The van der Waals surface area contributed by atoms with Gasteiger partial charge in [0.25, 0.3) is 15.9 Å². The molecule has 0 spiro atoms. The summed E-state index contributed by atoms with van der Waals surface area (Å²) >= 11 is 0. The number of hydrogen-bond donors (Lipinski definition) is 2. The fourth-order valence-corrected chi connectivity index (χ4v) is 4.14. The molecule has 0 saturated carbocycles. The molecule has 0 aliphatic heterocycles. The number of hydrogen-bond acceptors (Lipinski definition) is 5. The number of carbonyl (C=O) groups excluding carboxylic acids is 1. The minimum absolute atomic E-state index is 0.00798. The average Bonchev–Trinajstić information content (AvgIpc) is 2.80. The molecule has 2 N–H and O–H groups in total. The Labute approximate surface area is 190 Å². The van der Waals surface area contributed by atoms with Gasteiger partial charge in [0.15, 0.2) is 11.5 Å². The van der Waals surface area contributed by atoms with Crippen LogP contribution in [0.25, 0.3) is 0 Å². The van der Waals surface area contributed by atoms with Gasteiger partial charge in [-0.15, -0.1) is 0 Å². The van der Waals surface area contributed by atoms with Crippen molar-refractivity contribution in [1.29, 1.82) is 0 Å². The Morgan fingerprint density at radius 1 is 0.970 bits per heavy atom. The molecule has 0 unspecified atom stereocenters. The molecule has 0 fully saturated rings. The van der Waals surface area contributed by atoms with E-state index in [1.54, 1.807) is 19.1 Å². The van der Waals surface area contributed by atoms with Crippen LogP contribution in [0.2, 0.25) is 0 Å². The number of ether oxygens (including phenoxy) is 2. The Hall–Kier alpha value is -3.66. The molecule has 33 heavy (non-hydrogen) atoms. The number of para-hydroxylation sites is 1. The first-order valence-corrected chi connectivity index (χ1v) is 11.2. The van der Waals surface area contributed by atoms with Crippen molar-refractivity contribution < 1.29 is 31.5 Å². The van der Waals surface area contributed by atoms with Gasteiger partial charge in [0, 0.05) is 12.6 Å². The SMILES string of the molecule is COc1cc(S(=O)(=O)Nc2ccccc2F)cc(C(=O)NCc2ccc(C)c(F)c2)c1OC. The number of amides is 1. The van der Waals surface area contributed by atoms with E-state index in [-0.39, 0.29) is 34.2 Å². The fourth-order valence-electron chi connectivity index (χ4n) is 3.03. The number of carbonyl (C=O) groups is 1. The summed E-state index contributed by atoms with van der Waals surface area (Å²) < 4.78 is 66.2. The van der Waals surface area contributed by atoms with Crippen molar-refractivity contribution in [3.8, 4) is 11.5 Å². The maximum atomic E-state index is 14.0. The highest BCUT2D eigenvalue weighted by atomic mass is 32.2. The van der Waals surface area contributed by atoms with Crippen LogP contribution in [0, 0.1) is 18.6 Å². The molecule has 3 aromatic carbocycles. The Morgan fingerprint density at radius 2 is 1.70 bits per heavy atom. The monoisotopic (exact) mass is 476 g/mol. The van der Waals surface area contributed by atoms with Crippen LogP contribution in [-0.4, -0.2) is 28.5 Å². The van der Waals surface area contributed by atoms with E-state index in [1.165, 1.54) is 38.5 Å². The highest BCUT2D eigenvalue weighted by Crippen LogP contribution is 2.35. The van der Waals surface area contributed by atoms with E-state index >= 15 is 0 Å². The summed E-state index contributed by atoms with van der Waals surface area (Å²) in [6.07, 6.45) is 0. The highest BCUT2D eigenvalue weighted by Gasteiger charge is 2.25. The molecule has 0 aliphatic rings. The van der Waals surface area contributed by atoms with Gasteiger partial charge in [-0.3, -0.25) is 9.52 Å². The summed E-state index contributed by atoms with van der Waals surface area (Å²) in [6, 6.07) is 12.1. The number of methoxy groups -OCH3 is 2. The van der Waals surface area contributed by atoms with E-state index < -0.39 is 27.6 Å². The molecule has 0 aliphatic carbocycles. The number of sulfonamides is 1. The number of rotatable bonds is 8. The zero-order chi connectivity index (χ0) is 24.2. The van der Waals surface area contributed by atoms with Gasteiger partial charge < -0.3 is 14.8 Å². The molecule has 7 nitrogen and oxygen atoms in total. The molecule has 0 radical (unpaired) electrons. The predicted octanol–water partition coefficient (Wildman–Crippen LogP) is 4.02. The van der Waals surface area contributed by atoms with E-state index in [2.05, 4.69) is 10.0 Å². The molecule has 3 aromatic rings. The summed E-state index contributed by atoms with van der Waals surface area (Å²) in [7, 11) is -1.69. The number of aryl methyl sites for hydroxylation is 1. The first kappa shape index (κ1) is 24.0. The van der Waals surface area contributed by atoms with Crippen molar-refractivity contribution in [2.24, 2.45) is 0 Å². The van der Waals surface area contributed by atoms with E-state index in [0.29, 0.717) is 11.1 Å². The number of anilines is 1. The molecule has 3 rings (SSSR count). The largest absolute Gasteiger partial charge is 0.493 e. The van der Waals surface area contributed by atoms with Gasteiger partial charge in [0.2, 0.25) is 0 Å². The number of benzene rings is 3. The van der Waals surface area contributed by atoms with Crippen LogP contribution in [-0.2, 0) is 16.6 Å². The molecule has 0 saturated heterocycles. The molecule has 0 atom stereocenters. The van der Waals surface area contributed by atoms with Crippen LogP contribution >= 0.6 is 0 Å². The van der Waals surface area contributed by atoms with E-state index in [1.807, 2.05) is 0 Å². The van der Waals surface area contributed by atoms with Crippen LogP contribution < -0.4 is 19.5 Å². The van der Waals surface area contributed by atoms with Crippen LogP contribution in [0.15, 0.2) is 59.5 Å². The van der Waals surface area contributed by atoms with Crippen LogP contribution in [0.4, 0.5) is 14.5 Å². The Kier molecular flexibility index (Phi) is 7.17. The van der Waals surface area contributed by atoms with Crippen molar-refractivity contribution >= 4 is 21.6 Å². The molecule has 0 bridgehead atoms. The van der Waals surface area contributed by atoms with Crippen LogP contribution in [0.3, 0.4) is 0 Å². The topological polar surface area (TPSA) is 93.7 Å². The smallest absolute Gasteiger partial charge is 0.262 e. The van der Waals surface area contributed by atoms with Gasteiger partial charge in [-0.25, -0.2) is 17.2 Å². The Bertz CT molecular complexity index is 1300. The zero-order valence-corrected chi connectivity index (χ0v) is 18.9. The zero-order valence-electron chi connectivity index (χ0n) is 18.1. The summed E-state index contributed by atoms with van der Waals surface area (Å²) in [5.74, 6) is -1.84. The lowest BCUT2D eigenvalue weighted by molar-refractivity contribution is 0.0947. The number of halogens is 2. The second-order valence-corrected chi connectivity index (χ2v) is 8.74. The van der Waals surface area contributed by atoms with E-state index in [4.69, 9.17) is 9.47 Å². The predicted molar refractivity (Wildman–Crippen MR) is 119 cm³/mol. The van der Waals surface area contributed by atoms with Crippen molar-refractivity contribution in [2.75, 3.05) is 18.9 Å². The summed E-state index contributed by atoms with van der Waals surface area (Å²) in [5.41, 5.74) is 0.608. The molecular formula is C23H22F2N2O5S. The fraction of sp³-hybridized carbons (Fsp3) is 0.174. The lowest BCUT2D eigenvalue weighted by Gasteiger charge is -2.16. The summed E-state index contributed by atoms with van der Waals surface area (Å²) in [6.45, 7) is 1.61. The third-order valence-corrected chi connectivity index (χ3v) is 6.16. The minimum atomic E-state index is -4.28. The average molecular weight is 477 g/mol. The summed E-state index contributed by atoms with van der Waals surface area (Å²) in [5, 5.41) is 2.61. The molecule has 1 amide bonds. The maximum absolute atomic E-state index is 14.0. The van der Waals surface area contributed by atoms with E-state index in [9.17, 15) is 22.0 Å². The van der Waals surface area contributed by atoms with Crippen LogP contribution in [0.1, 0.15) is 21.5 Å². The highest BCUT2D eigenvalue weighted by molar-refractivity contribution is 7.92. The van der Waals surface area contributed by atoms with Gasteiger partial charge in [-0.05, 0) is 42.3 Å². The Balaban J connectivity index is 1.95. The molecule has 0 heterocycles. The van der Waals surface area contributed by atoms with Crippen molar-refractivity contribution in [3.63, 3.8) is 0 Å². The number of nitrogens with one attached hydrogen (secondary N) is 2. The van der Waals surface area contributed by atoms with Gasteiger partial charge in [0.05, 0.1) is 30.4 Å². The molecular weight excluding hydrogens is 454 g/mol. The second kappa shape index (κ2) is 9.86. The van der Waals surface area contributed by atoms with Gasteiger partial charge in [-0.2, -0.15) is 0 Å². The molecule has 0 aromatic heterocycles. The van der Waals surface area contributed by atoms with Crippen molar-refractivity contribution in [2.45, 2.75) is 18.4 Å². The standard InChI is InChI=1S/C23H22F2N2O5S/c1-14-8-9-15(10-19(14)25)13-26-23(28)17-11-16(12-21(31-2)22(17)32-3)33(29,30)27-20-7-5-4-6-18(20)24/h4-12,27H,13H2,1-3H3,(H,26,28). The van der Waals surface area contributed by atoms with Crippen molar-refractivity contribution in [1.82, 2.24) is 5.32 Å². The first-order valence-electron chi connectivity index (χ1n) is 9.73. The van der Waals surface area contributed by atoms with E-state index in [0.717, 1.165) is 18.2 Å². The van der Waals surface area contributed by atoms with Gasteiger partial charge >= 0.3 is 0 Å². The second-order valence-electron chi connectivity index (χ2n) is 7.06.